The van der Waals surface area contributed by atoms with Crippen LogP contribution >= 0.6 is 11.6 Å². The highest BCUT2D eigenvalue weighted by molar-refractivity contribution is 6.33. The Bertz CT molecular complexity index is 1430. The molecule has 1 aliphatic carbocycles. The number of methoxy groups -OCH3 is 1. The molecule has 2 heterocycles. The maximum absolute atomic E-state index is 13.2. The van der Waals surface area contributed by atoms with Gasteiger partial charge in [-0.05, 0) is 97.2 Å². The van der Waals surface area contributed by atoms with Gasteiger partial charge in [0, 0.05) is 24.8 Å². The topological polar surface area (TPSA) is 74.3 Å². The van der Waals surface area contributed by atoms with Crippen LogP contribution in [0.2, 0.25) is 5.02 Å². The third-order valence-electron chi connectivity index (χ3n) is 8.23. The Hall–Kier alpha value is -3.39. The quantitative estimate of drug-likeness (QED) is 0.275. The second-order valence-corrected chi connectivity index (χ2v) is 11.4. The van der Waals surface area contributed by atoms with Gasteiger partial charge in [0.1, 0.15) is 12.4 Å². The van der Waals surface area contributed by atoms with Gasteiger partial charge in [-0.25, -0.2) is 4.79 Å². The van der Waals surface area contributed by atoms with Gasteiger partial charge in [0.15, 0.2) is 6.29 Å². The molecule has 0 aromatic heterocycles. The predicted molar refractivity (Wildman–Crippen MR) is 155 cm³/mol. The number of hydrogen-bond donors (Lipinski definition) is 0. The van der Waals surface area contributed by atoms with Gasteiger partial charge in [0.25, 0.3) is 5.91 Å². The normalized spacial score (nSPS) is 22.0. The molecule has 3 aliphatic rings. The summed E-state index contributed by atoms with van der Waals surface area (Å²) in [4.78, 5) is 27.3. The molecule has 7 nitrogen and oxygen atoms in total. The van der Waals surface area contributed by atoms with Gasteiger partial charge in [0.2, 0.25) is 0 Å². The van der Waals surface area contributed by atoms with Crippen LogP contribution in [0.5, 0.6) is 5.75 Å². The standard InChI is InChI=1S/C33H34ClNO6/c1-38-33(37)29-17-23(8-13-30(29)34)22-6-4-5-21(15-22)20-40-26-11-12-28-24(16-26)19-35(32(28)36)25-9-10-27(18-25)41-31-7-2-3-14-39-31/h4-6,8,11-13,15-17,25,27,31H,2-3,7,9-10,14,18-20H2,1H3. The highest BCUT2D eigenvalue weighted by atomic mass is 35.5. The molecular weight excluding hydrogens is 542 g/mol. The van der Waals surface area contributed by atoms with Gasteiger partial charge in [-0.2, -0.15) is 0 Å². The molecular formula is C33H34ClNO6. The third-order valence-corrected chi connectivity index (χ3v) is 8.56. The number of halogens is 1. The van der Waals surface area contributed by atoms with E-state index in [0.717, 1.165) is 78.7 Å². The van der Waals surface area contributed by atoms with Gasteiger partial charge in [-0.15, -0.1) is 0 Å². The number of esters is 1. The van der Waals surface area contributed by atoms with Crippen LogP contribution in [0.25, 0.3) is 11.1 Å². The lowest BCUT2D eigenvalue weighted by Gasteiger charge is -2.27. The zero-order valence-electron chi connectivity index (χ0n) is 23.1. The Morgan fingerprint density at radius 3 is 2.73 bits per heavy atom. The monoisotopic (exact) mass is 575 g/mol. The summed E-state index contributed by atoms with van der Waals surface area (Å²) < 4.78 is 23.0. The molecule has 0 N–H and O–H groups in total. The highest BCUT2D eigenvalue weighted by Crippen LogP contribution is 2.35. The summed E-state index contributed by atoms with van der Waals surface area (Å²) in [6.45, 7) is 1.74. The number of amides is 1. The van der Waals surface area contributed by atoms with Gasteiger partial charge in [0.05, 0.1) is 23.8 Å². The molecule has 6 rings (SSSR count). The van der Waals surface area contributed by atoms with E-state index in [1.54, 1.807) is 12.1 Å². The summed E-state index contributed by atoms with van der Waals surface area (Å²) in [7, 11) is 1.34. The van der Waals surface area contributed by atoms with Crippen molar-refractivity contribution < 1.29 is 28.5 Å². The molecule has 41 heavy (non-hydrogen) atoms. The molecule has 2 aliphatic heterocycles. The fourth-order valence-electron chi connectivity index (χ4n) is 6.04. The summed E-state index contributed by atoms with van der Waals surface area (Å²) in [6, 6.07) is 19.2. The fraction of sp³-hybridized carbons (Fsp3) is 0.394. The molecule has 0 bridgehead atoms. The number of carbonyl (C=O) groups excluding carboxylic acids is 2. The number of rotatable bonds is 8. The molecule has 0 spiro atoms. The van der Waals surface area contributed by atoms with Crippen molar-refractivity contribution in [3.8, 4) is 16.9 Å². The summed E-state index contributed by atoms with van der Waals surface area (Å²) in [6.07, 6.45) is 6.03. The largest absolute Gasteiger partial charge is 0.489 e. The lowest BCUT2D eigenvalue weighted by molar-refractivity contribution is -0.186. The molecule has 2 fully saturated rings. The second-order valence-electron chi connectivity index (χ2n) is 10.9. The minimum absolute atomic E-state index is 0.0908. The number of benzene rings is 3. The second kappa shape index (κ2) is 12.2. The van der Waals surface area contributed by atoms with Crippen LogP contribution < -0.4 is 4.74 Å². The van der Waals surface area contributed by atoms with Gasteiger partial charge >= 0.3 is 5.97 Å². The van der Waals surface area contributed by atoms with E-state index >= 15 is 0 Å². The number of ether oxygens (including phenoxy) is 4. The zero-order chi connectivity index (χ0) is 28.3. The molecule has 3 aromatic rings. The molecule has 8 heteroatoms. The van der Waals surface area contributed by atoms with E-state index in [1.165, 1.54) is 7.11 Å². The van der Waals surface area contributed by atoms with E-state index in [0.29, 0.717) is 23.7 Å². The van der Waals surface area contributed by atoms with E-state index in [2.05, 4.69) is 0 Å². The van der Waals surface area contributed by atoms with Crippen LogP contribution in [0.4, 0.5) is 0 Å². The van der Waals surface area contributed by atoms with Crippen LogP contribution in [-0.4, -0.2) is 48.9 Å². The average molecular weight is 576 g/mol. The number of nitrogens with zero attached hydrogens (tertiary/aromatic N) is 1. The van der Waals surface area contributed by atoms with E-state index in [9.17, 15) is 9.59 Å². The van der Waals surface area contributed by atoms with Crippen molar-refractivity contribution in [2.24, 2.45) is 0 Å². The first-order valence-corrected chi connectivity index (χ1v) is 14.7. The van der Waals surface area contributed by atoms with Gasteiger partial charge in [-0.1, -0.05) is 35.9 Å². The highest BCUT2D eigenvalue weighted by Gasteiger charge is 2.38. The lowest BCUT2D eigenvalue weighted by atomic mass is 10.0. The summed E-state index contributed by atoms with van der Waals surface area (Å²) in [5, 5.41) is 0.351. The van der Waals surface area contributed by atoms with Crippen molar-refractivity contribution >= 4 is 23.5 Å². The van der Waals surface area contributed by atoms with E-state index in [-0.39, 0.29) is 24.3 Å². The van der Waals surface area contributed by atoms with Gasteiger partial charge < -0.3 is 23.8 Å². The van der Waals surface area contributed by atoms with Crippen molar-refractivity contribution in [2.45, 2.75) is 70.1 Å². The van der Waals surface area contributed by atoms with Crippen LogP contribution in [-0.2, 0) is 27.4 Å². The number of hydrogen-bond acceptors (Lipinski definition) is 6. The van der Waals surface area contributed by atoms with Crippen LogP contribution in [0.15, 0.2) is 60.7 Å². The summed E-state index contributed by atoms with van der Waals surface area (Å²) >= 11 is 6.19. The Morgan fingerprint density at radius 1 is 1.02 bits per heavy atom. The molecule has 1 saturated heterocycles. The Labute approximate surface area is 245 Å². The van der Waals surface area contributed by atoms with Crippen molar-refractivity contribution in [1.82, 2.24) is 4.90 Å². The first-order chi connectivity index (χ1) is 20.0. The Balaban J connectivity index is 1.08. The smallest absolute Gasteiger partial charge is 0.339 e. The van der Waals surface area contributed by atoms with Crippen molar-refractivity contribution in [3.05, 3.63) is 87.9 Å². The van der Waals surface area contributed by atoms with Gasteiger partial charge in [-0.3, -0.25) is 4.79 Å². The molecule has 214 valence electrons. The fourth-order valence-corrected chi connectivity index (χ4v) is 6.23. The molecule has 0 radical (unpaired) electrons. The third kappa shape index (κ3) is 6.13. The maximum Gasteiger partial charge on any atom is 0.339 e. The molecule has 1 saturated carbocycles. The van der Waals surface area contributed by atoms with E-state index in [1.807, 2.05) is 53.4 Å². The summed E-state index contributed by atoms with van der Waals surface area (Å²) in [5.74, 6) is 0.346. The number of carbonyl (C=O) groups is 2. The molecule has 3 unspecified atom stereocenters. The minimum Gasteiger partial charge on any atom is -0.489 e. The molecule has 1 amide bonds. The first-order valence-electron chi connectivity index (χ1n) is 14.3. The Kier molecular flexibility index (Phi) is 8.28. The zero-order valence-corrected chi connectivity index (χ0v) is 23.9. The van der Waals surface area contributed by atoms with Crippen molar-refractivity contribution in [3.63, 3.8) is 0 Å². The number of fused-ring (bicyclic) bond motifs is 1. The van der Waals surface area contributed by atoms with Crippen LogP contribution in [0.3, 0.4) is 0 Å². The van der Waals surface area contributed by atoms with Crippen LogP contribution in [0, 0.1) is 0 Å². The average Bonchev–Trinajstić information content (AvgIpc) is 3.60. The summed E-state index contributed by atoms with van der Waals surface area (Å²) in [5.41, 5.74) is 4.86. The first kappa shape index (κ1) is 27.8. The van der Waals surface area contributed by atoms with Crippen molar-refractivity contribution in [1.29, 1.82) is 0 Å². The van der Waals surface area contributed by atoms with Crippen LogP contribution in [0.1, 0.15) is 70.4 Å². The van der Waals surface area contributed by atoms with E-state index < -0.39 is 5.97 Å². The molecule has 3 atom stereocenters. The lowest BCUT2D eigenvalue weighted by Crippen LogP contribution is -2.34. The predicted octanol–water partition coefficient (Wildman–Crippen LogP) is 6.79. The van der Waals surface area contributed by atoms with Crippen molar-refractivity contribution in [2.75, 3.05) is 13.7 Å². The van der Waals surface area contributed by atoms with E-state index in [4.69, 9.17) is 30.5 Å². The minimum atomic E-state index is -0.472. The SMILES string of the molecule is COC(=O)c1cc(-c2cccc(COc3ccc4c(c3)CN(C3CCC(OC5CCCCO5)C3)C4=O)c2)ccc1Cl. The Morgan fingerprint density at radius 2 is 1.90 bits per heavy atom. The maximum atomic E-state index is 13.2. The molecule has 3 aromatic carbocycles.